The number of rotatable bonds is 6. The molecule has 0 saturated carbocycles. The summed E-state index contributed by atoms with van der Waals surface area (Å²) in [6.07, 6.45) is 0. The molecule has 2 nitrogen and oxygen atoms in total. The molecule has 0 N–H and O–H groups in total. The Morgan fingerprint density at radius 1 is 0.302 bits per heavy atom. The van der Waals surface area contributed by atoms with Crippen molar-refractivity contribution in [2.75, 3.05) is 0 Å². The van der Waals surface area contributed by atoms with Crippen LogP contribution in [-0.2, 0) is 5.41 Å². The smallest absolute Gasteiger partial charge is 0.160 e. The molecule has 11 aromatic rings. The highest BCUT2D eigenvalue weighted by Crippen LogP contribution is 2.55. The summed E-state index contributed by atoms with van der Waals surface area (Å²) in [5.41, 5.74) is 17.3. The van der Waals surface area contributed by atoms with Crippen molar-refractivity contribution in [2.45, 2.75) is 19.3 Å². The Bertz CT molecular complexity index is 3530. The van der Waals surface area contributed by atoms with Gasteiger partial charge in [-0.1, -0.05) is 208 Å². The van der Waals surface area contributed by atoms with Gasteiger partial charge in [0.05, 0.1) is 11.4 Å². The number of aromatic nitrogens is 2. The van der Waals surface area contributed by atoms with Crippen molar-refractivity contribution in [2.24, 2.45) is 0 Å². The van der Waals surface area contributed by atoms with E-state index in [4.69, 9.17) is 9.97 Å². The van der Waals surface area contributed by atoms with Crippen LogP contribution in [-0.4, -0.2) is 9.97 Å². The fraction of sp³-hybridized carbons (Fsp3) is 0.0492. The molecular weight excluding hydrogens is 761 g/mol. The van der Waals surface area contributed by atoms with Gasteiger partial charge in [-0.3, -0.25) is 0 Å². The molecule has 0 unspecified atom stereocenters. The summed E-state index contributed by atoms with van der Waals surface area (Å²) in [6.45, 7) is 4.77. The van der Waals surface area contributed by atoms with Gasteiger partial charge in [0.1, 0.15) is 0 Å². The summed E-state index contributed by atoms with van der Waals surface area (Å²) in [7, 11) is 0. The van der Waals surface area contributed by atoms with Crippen LogP contribution in [0.1, 0.15) is 25.0 Å². The summed E-state index contributed by atoms with van der Waals surface area (Å²) in [6, 6.07) is 79.1. The van der Waals surface area contributed by atoms with Crippen molar-refractivity contribution in [3.63, 3.8) is 0 Å². The van der Waals surface area contributed by atoms with Crippen LogP contribution < -0.4 is 0 Å². The molecule has 0 fully saturated rings. The first-order chi connectivity index (χ1) is 31.0. The topological polar surface area (TPSA) is 25.8 Å². The van der Waals surface area contributed by atoms with Crippen LogP contribution in [0.4, 0.5) is 0 Å². The van der Waals surface area contributed by atoms with Crippen molar-refractivity contribution < 1.29 is 0 Å². The molecule has 1 heterocycles. The Hall–Kier alpha value is -7.94. The molecule has 0 aliphatic heterocycles. The second-order valence-corrected chi connectivity index (χ2v) is 17.3. The summed E-state index contributed by atoms with van der Waals surface area (Å²) in [5, 5.41) is 7.43. The van der Waals surface area contributed by atoms with Crippen LogP contribution in [0.15, 0.2) is 218 Å². The SMILES string of the molecule is CC1(C)c2cc3ccccc3cc2-c2c(-c3c4ccccc4c(-c4ccccc4-c4cc(-c5cccc(-c6ccccc6)c5)nc(-c5ccccc5)n4)c4ccccc34)cccc21. The average Bonchev–Trinajstić information content (AvgIpc) is 3.57. The molecule has 0 bridgehead atoms. The molecule has 0 saturated heterocycles. The van der Waals surface area contributed by atoms with E-state index < -0.39 is 0 Å². The first kappa shape index (κ1) is 36.9. The van der Waals surface area contributed by atoms with E-state index in [9.17, 15) is 0 Å². The van der Waals surface area contributed by atoms with Crippen LogP contribution >= 0.6 is 0 Å². The normalized spacial score (nSPS) is 12.7. The van der Waals surface area contributed by atoms with Gasteiger partial charge in [-0.15, -0.1) is 0 Å². The van der Waals surface area contributed by atoms with E-state index in [0.717, 1.165) is 39.2 Å². The molecule has 12 rings (SSSR count). The first-order valence-corrected chi connectivity index (χ1v) is 21.8. The van der Waals surface area contributed by atoms with Crippen molar-refractivity contribution in [1.82, 2.24) is 9.97 Å². The van der Waals surface area contributed by atoms with Gasteiger partial charge in [-0.25, -0.2) is 9.97 Å². The molecule has 296 valence electrons. The van der Waals surface area contributed by atoms with Crippen LogP contribution in [0, 0.1) is 0 Å². The highest BCUT2D eigenvalue weighted by Gasteiger charge is 2.37. The Balaban J connectivity index is 1.10. The number of nitrogens with zero attached hydrogens (tertiary/aromatic N) is 2. The molecule has 0 spiro atoms. The van der Waals surface area contributed by atoms with Crippen molar-refractivity contribution in [3.8, 4) is 78.4 Å². The third kappa shape index (κ3) is 6.02. The van der Waals surface area contributed by atoms with Crippen LogP contribution in [0.5, 0.6) is 0 Å². The van der Waals surface area contributed by atoms with Crippen LogP contribution in [0.3, 0.4) is 0 Å². The van der Waals surface area contributed by atoms with Gasteiger partial charge in [-0.05, 0) is 112 Å². The number of hydrogen-bond donors (Lipinski definition) is 0. The standard InChI is InChI=1S/C61H42N2/c1-61(2)53-34-18-33-51(59(53)52-36-42-23-9-10-24-43(42)37-54(52)61)58-49-31-15-13-29-47(49)57(48-30-14-16-32-50(48)58)46-28-12-11-27-45(46)56-38-55(62-60(63-56)40-21-7-4-8-22-40)44-26-17-25-41(35-44)39-19-5-3-6-20-39/h3-38H,1-2H3. The van der Waals surface area contributed by atoms with Gasteiger partial charge in [-0.2, -0.15) is 0 Å². The van der Waals surface area contributed by atoms with E-state index in [1.54, 1.807) is 0 Å². The van der Waals surface area contributed by atoms with E-state index in [2.05, 4.69) is 226 Å². The lowest BCUT2D eigenvalue weighted by Crippen LogP contribution is -2.14. The molecule has 1 aromatic heterocycles. The maximum atomic E-state index is 5.38. The maximum absolute atomic E-state index is 5.38. The van der Waals surface area contributed by atoms with Gasteiger partial charge >= 0.3 is 0 Å². The van der Waals surface area contributed by atoms with Crippen molar-refractivity contribution in [1.29, 1.82) is 0 Å². The molecule has 1 aliphatic rings. The quantitative estimate of drug-likeness (QED) is 0.157. The lowest BCUT2D eigenvalue weighted by atomic mass is 9.80. The largest absolute Gasteiger partial charge is 0.228 e. The van der Waals surface area contributed by atoms with E-state index in [-0.39, 0.29) is 5.41 Å². The second kappa shape index (κ2) is 14.6. The molecule has 10 aromatic carbocycles. The highest BCUT2D eigenvalue weighted by molar-refractivity contribution is 6.23. The summed E-state index contributed by atoms with van der Waals surface area (Å²) < 4.78 is 0. The molecule has 0 amide bonds. The van der Waals surface area contributed by atoms with Gasteiger partial charge in [0, 0.05) is 22.1 Å². The molecule has 63 heavy (non-hydrogen) atoms. The van der Waals surface area contributed by atoms with Gasteiger partial charge in [0.2, 0.25) is 0 Å². The summed E-state index contributed by atoms with van der Waals surface area (Å²) in [5.74, 6) is 0.696. The third-order valence-corrected chi connectivity index (χ3v) is 13.3. The minimum Gasteiger partial charge on any atom is -0.228 e. The van der Waals surface area contributed by atoms with E-state index in [1.165, 1.54) is 76.8 Å². The minimum absolute atomic E-state index is 0.146. The number of fused-ring (bicyclic) bond motifs is 6. The Labute approximate surface area is 367 Å². The zero-order chi connectivity index (χ0) is 42.1. The van der Waals surface area contributed by atoms with E-state index in [0.29, 0.717) is 5.82 Å². The zero-order valence-corrected chi connectivity index (χ0v) is 35.2. The number of hydrogen-bond acceptors (Lipinski definition) is 2. The minimum atomic E-state index is -0.146. The Morgan fingerprint density at radius 2 is 0.794 bits per heavy atom. The van der Waals surface area contributed by atoms with Gasteiger partial charge in [0.25, 0.3) is 0 Å². The Kier molecular flexibility index (Phi) is 8.55. The fourth-order valence-corrected chi connectivity index (χ4v) is 10.3. The van der Waals surface area contributed by atoms with Gasteiger partial charge < -0.3 is 0 Å². The number of benzene rings is 10. The van der Waals surface area contributed by atoms with Crippen molar-refractivity contribution >= 4 is 32.3 Å². The molecular formula is C61H42N2. The predicted octanol–water partition coefficient (Wildman–Crippen LogP) is 16.2. The first-order valence-electron chi connectivity index (χ1n) is 21.8. The fourth-order valence-electron chi connectivity index (χ4n) is 10.3. The zero-order valence-electron chi connectivity index (χ0n) is 35.2. The monoisotopic (exact) mass is 802 g/mol. The predicted molar refractivity (Wildman–Crippen MR) is 265 cm³/mol. The van der Waals surface area contributed by atoms with Crippen LogP contribution in [0.2, 0.25) is 0 Å². The Morgan fingerprint density at radius 3 is 1.48 bits per heavy atom. The lowest BCUT2D eigenvalue weighted by Gasteiger charge is -2.23. The molecule has 1 aliphatic carbocycles. The maximum Gasteiger partial charge on any atom is 0.160 e. The van der Waals surface area contributed by atoms with Crippen molar-refractivity contribution in [3.05, 3.63) is 230 Å². The van der Waals surface area contributed by atoms with Crippen LogP contribution in [0.25, 0.3) is 111 Å². The average molecular weight is 803 g/mol. The molecule has 0 radical (unpaired) electrons. The molecule has 0 atom stereocenters. The molecule has 2 heteroatoms. The third-order valence-electron chi connectivity index (χ3n) is 13.3. The van der Waals surface area contributed by atoms with E-state index in [1.807, 2.05) is 6.07 Å². The van der Waals surface area contributed by atoms with E-state index >= 15 is 0 Å². The van der Waals surface area contributed by atoms with Gasteiger partial charge in [0.15, 0.2) is 5.82 Å². The summed E-state index contributed by atoms with van der Waals surface area (Å²) >= 11 is 0. The second-order valence-electron chi connectivity index (χ2n) is 17.3. The highest BCUT2D eigenvalue weighted by atomic mass is 14.9. The lowest BCUT2D eigenvalue weighted by molar-refractivity contribution is 0.661. The summed E-state index contributed by atoms with van der Waals surface area (Å²) in [4.78, 5) is 10.6.